The minimum Gasteiger partial charge on any atom is -0.356 e. The van der Waals surface area contributed by atoms with E-state index in [9.17, 15) is 0 Å². The van der Waals surface area contributed by atoms with Crippen molar-refractivity contribution in [3.8, 4) is 0 Å². The first-order chi connectivity index (χ1) is 7.75. The SMILES string of the molecule is Cc1cccc(CCNC2=NCCN2C)n1.I. The lowest BCUT2D eigenvalue weighted by molar-refractivity contribution is 0.534. The molecule has 4 nitrogen and oxygen atoms in total. The highest BCUT2D eigenvalue weighted by molar-refractivity contribution is 14.0. The van der Waals surface area contributed by atoms with Crippen molar-refractivity contribution in [1.82, 2.24) is 15.2 Å². The zero-order chi connectivity index (χ0) is 11.4. The van der Waals surface area contributed by atoms with E-state index in [1.165, 1.54) is 0 Å². The number of aliphatic imine (C=N–C) groups is 1. The van der Waals surface area contributed by atoms with E-state index in [1.807, 2.05) is 13.0 Å². The van der Waals surface area contributed by atoms with Gasteiger partial charge in [0, 0.05) is 37.9 Å². The molecular weight excluding hydrogens is 327 g/mol. The van der Waals surface area contributed by atoms with Crippen LogP contribution < -0.4 is 5.32 Å². The molecule has 1 aliphatic heterocycles. The zero-order valence-electron chi connectivity index (χ0n) is 10.3. The van der Waals surface area contributed by atoms with Crippen LogP contribution >= 0.6 is 24.0 Å². The summed E-state index contributed by atoms with van der Waals surface area (Å²) in [5.74, 6) is 1.01. The fourth-order valence-corrected chi connectivity index (χ4v) is 1.76. The molecule has 0 saturated heterocycles. The number of halogens is 1. The van der Waals surface area contributed by atoms with Crippen molar-refractivity contribution in [3.05, 3.63) is 29.6 Å². The molecule has 0 radical (unpaired) electrons. The Kier molecular flexibility index (Phi) is 5.67. The summed E-state index contributed by atoms with van der Waals surface area (Å²) < 4.78 is 0. The van der Waals surface area contributed by atoms with E-state index in [1.54, 1.807) is 0 Å². The normalized spacial score (nSPS) is 14.2. The summed E-state index contributed by atoms with van der Waals surface area (Å²) in [6.45, 7) is 4.83. The second kappa shape index (κ2) is 6.78. The molecule has 0 aliphatic carbocycles. The molecule has 0 unspecified atom stereocenters. The molecule has 0 amide bonds. The van der Waals surface area contributed by atoms with Crippen molar-refractivity contribution in [3.63, 3.8) is 0 Å². The highest BCUT2D eigenvalue weighted by atomic mass is 127. The van der Waals surface area contributed by atoms with Crippen LogP contribution in [-0.4, -0.2) is 42.5 Å². The Bertz CT molecular complexity index is 392. The van der Waals surface area contributed by atoms with Crippen LogP contribution in [0.15, 0.2) is 23.2 Å². The fraction of sp³-hybridized carbons (Fsp3) is 0.500. The topological polar surface area (TPSA) is 40.5 Å². The van der Waals surface area contributed by atoms with Gasteiger partial charge < -0.3 is 10.2 Å². The molecule has 94 valence electrons. The average molecular weight is 346 g/mol. The summed E-state index contributed by atoms with van der Waals surface area (Å²) in [5.41, 5.74) is 2.21. The van der Waals surface area contributed by atoms with E-state index in [0.29, 0.717) is 0 Å². The molecule has 0 atom stereocenters. The molecule has 1 aromatic heterocycles. The van der Waals surface area contributed by atoms with Crippen LogP contribution in [0.25, 0.3) is 0 Å². The molecule has 2 heterocycles. The molecule has 1 aromatic rings. The molecule has 2 rings (SSSR count). The summed E-state index contributed by atoms with van der Waals surface area (Å²) >= 11 is 0. The Morgan fingerprint density at radius 2 is 2.24 bits per heavy atom. The van der Waals surface area contributed by atoms with Crippen LogP contribution in [0.3, 0.4) is 0 Å². The number of pyridine rings is 1. The van der Waals surface area contributed by atoms with Gasteiger partial charge in [-0.25, -0.2) is 0 Å². The maximum atomic E-state index is 4.46. The number of hydrogen-bond donors (Lipinski definition) is 1. The van der Waals surface area contributed by atoms with E-state index in [4.69, 9.17) is 0 Å². The lowest BCUT2D eigenvalue weighted by atomic mass is 10.2. The standard InChI is InChI=1S/C12H18N4.HI/c1-10-4-3-5-11(15-10)6-7-13-12-14-8-9-16(12)2;/h3-5H,6-9H2,1-2H3,(H,13,14);1H. The van der Waals surface area contributed by atoms with E-state index >= 15 is 0 Å². The summed E-state index contributed by atoms with van der Waals surface area (Å²) in [6, 6.07) is 6.14. The lowest BCUT2D eigenvalue weighted by Crippen LogP contribution is -2.36. The van der Waals surface area contributed by atoms with Crippen molar-refractivity contribution in [2.24, 2.45) is 4.99 Å². The van der Waals surface area contributed by atoms with Crippen LogP contribution in [0.5, 0.6) is 0 Å². The Labute approximate surface area is 120 Å². The molecular formula is C12H19IN4. The van der Waals surface area contributed by atoms with Gasteiger partial charge in [0.05, 0.1) is 6.54 Å². The molecule has 1 N–H and O–H groups in total. The molecule has 0 bridgehead atoms. The first kappa shape index (κ1) is 14.2. The fourth-order valence-electron chi connectivity index (χ4n) is 1.76. The number of nitrogens with one attached hydrogen (secondary N) is 1. The second-order valence-corrected chi connectivity index (χ2v) is 4.07. The van der Waals surface area contributed by atoms with Gasteiger partial charge in [-0.1, -0.05) is 6.07 Å². The van der Waals surface area contributed by atoms with Crippen LogP contribution in [0, 0.1) is 6.92 Å². The Morgan fingerprint density at radius 1 is 1.41 bits per heavy atom. The Morgan fingerprint density at radius 3 is 2.88 bits per heavy atom. The number of rotatable bonds is 3. The van der Waals surface area contributed by atoms with Crippen molar-refractivity contribution in [2.45, 2.75) is 13.3 Å². The average Bonchev–Trinajstić information content (AvgIpc) is 2.65. The van der Waals surface area contributed by atoms with Gasteiger partial charge in [0.15, 0.2) is 5.96 Å². The van der Waals surface area contributed by atoms with Gasteiger partial charge in [0.1, 0.15) is 0 Å². The molecule has 1 aliphatic rings. The summed E-state index contributed by atoms with van der Waals surface area (Å²) in [4.78, 5) is 11.0. The van der Waals surface area contributed by atoms with Gasteiger partial charge in [-0.2, -0.15) is 0 Å². The highest BCUT2D eigenvalue weighted by Crippen LogP contribution is 1.99. The van der Waals surface area contributed by atoms with Gasteiger partial charge in [-0.05, 0) is 19.1 Å². The molecule has 0 saturated carbocycles. The zero-order valence-corrected chi connectivity index (χ0v) is 12.6. The largest absolute Gasteiger partial charge is 0.356 e. The molecule has 0 spiro atoms. The van der Waals surface area contributed by atoms with Gasteiger partial charge in [0.2, 0.25) is 0 Å². The van der Waals surface area contributed by atoms with Gasteiger partial charge in [-0.3, -0.25) is 9.98 Å². The van der Waals surface area contributed by atoms with E-state index in [-0.39, 0.29) is 24.0 Å². The minimum absolute atomic E-state index is 0. The van der Waals surface area contributed by atoms with Crippen molar-refractivity contribution in [2.75, 3.05) is 26.7 Å². The number of hydrogen-bond acceptors (Lipinski definition) is 4. The second-order valence-electron chi connectivity index (χ2n) is 4.07. The quantitative estimate of drug-likeness (QED) is 0.843. The minimum atomic E-state index is 0. The summed E-state index contributed by atoms with van der Waals surface area (Å²) in [7, 11) is 2.06. The van der Waals surface area contributed by atoms with Crippen LogP contribution in [-0.2, 0) is 6.42 Å². The van der Waals surface area contributed by atoms with E-state index < -0.39 is 0 Å². The highest BCUT2D eigenvalue weighted by Gasteiger charge is 2.10. The monoisotopic (exact) mass is 346 g/mol. The lowest BCUT2D eigenvalue weighted by Gasteiger charge is -2.14. The van der Waals surface area contributed by atoms with E-state index in [2.05, 4.69) is 39.4 Å². The maximum Gasteiger partial charge on any atom is 0.193 e. The number of aromatic nitrogens is 1. The number of aryl methyl sites for hydroxylation is 1. The first-order valence-electron chi connectivity index (χ1n) is 5.68. The summed E-state index contributed by atoms with van der Waals surface area (Å²) in [6.07, 6.45) is 0.939. The smallest absolute Gasteiger partial charge is 0.193 e. The molecule has 0 aromatic carbocycles. The predicted octanol–water partition coefficient (Wildman–Crippen LogP) is 1.44. The van der Waals surface area contributed by atoms with Gasteiger partial charge in [-0.15, -0.1) is 24.0 Å². The molecule has 0 fully saturated rings. The third-order valence-electron chi connectivity index (χ3n) is 2.67. The number of likely N-dealkylation sites (N-methyl/N-ethyl adjacent to an activating group) is 1. The Hall–Kier alpha value is -0.850. The predicted molar refractivity (Wildman–Crippen MR) is 81.0 cm³/mol. The number of guanidine groups is 1. The van der Waals surface area contributed by atoms with E-state index in [0.717, 1.165) is 43.4 Å². The first-order valence-corrected chi connectivity index (χ1v) is 5.68. The van der Waals surface area contributed by atoms with Crippen molar-refractivity contribution in [1.29, 1.82) is 0 Å². The van der Waals surface area contributed by atoms with Crippen LogP contribution in [0.1, 0.15) is 11.4 Å². The molecule has 17 heavy (non-hydrogen) atoms. The van der Waals surface area contributed by atoms with Crippen molar-refractivity contribution < 1.29 is 0 Å². The molecule has 5 heteroatoms. The Balaban J connectivity index is 0.00000144. The summed E-state index contributed by atoms with van der Waals surface area (Å²) in [5, 5.41) is 3.34. The van der Waals surface area contributed by atoms with Gasteiger partial charge in [0.25, 0.3) is 0 Å². The van der Waals surface area contributed by atoms with Crippen LogP contribution in [0.2, 0.25) is 0 Å². The number of nitrogens with zero attached hydrogens (tertiary/aromatic N) is 3. The third kappa shape index (κ3) is 4.14. The third-order valence-corrected chi connectivity index (χ3v) is 2.67. The van der Waals surface area contributed by atoms with Gasteiger partial charge >= 0.3 is 0 Å². The maximum absolute atomic E-state index is 4.46. The van der Waals surface area contributed by atoms with Crippen LogP contribution in [0.4, 0.5) is 0 Å². The van der Waals surface area contributed by atoms with Crippen molar-refractivity contribution >= 4 is 29.9 Å².